The summed E-state index contributed by atoms with van der Waals surface area (Å²) in [6, 6.07) is 0.560. The second-order valence-electron chi connectivity index (χ2n) is 3.88. The Morgan fingerprint density at radius 1 is 1.44 bits per heavy atom. The smallest absolute Gasteiger partial charge is 0.147 e. The van der Waals surface area contributed by atoms with Gasteiger partial charge in [-0.25, -0.2) is 4.98 Å². The third-order valence-corrected chi connectivity index (χ3v) is 3.42. The maximum atomic E-state index is 5.69. The van der Waals surface area contributed by atoms with E-state index < -0.39 is 0 Å². The Bertz CT molecular complexity index is 305. The summed E-state index contributed by atoms with van der Waals surface area (Å²) in [6.45, 7) is 3.05. The van der Waals surface area contributed by atoms with Crippen LogP contribution in [0.5, 0.6) is 0 Å². The average molecular weight is 260 g/mol. The molecule has 0 amide bonds. The number of nitrogens with zero attached hydrogens (tertiary/aromatic N) is 3. The summed E-state index contributed by atoms with van der Waals surface area (Å²) in [5.41, 5.74) is 0.961. The third-order valence-electron chi connectivity index (χ3n) is 2.58. The Morgan fingerprint density at radius 2 is 2.19 bits per heavy atom. The van der Waals surface area contributed by atoms with Gasteiger partial charge in [-0.3, -0.25) is 9.88 Å². The molecule has 5 heteroatoms. The lowest BCUT2D eigenvalue weighted by Crippen LogP contribution is -2.29. The minimum Gasteiger partial charge on any atom is -0.298 e. The molecule has 0 aliphatic heterocycles. The van der Waals surface area contributed by atoms with Gasteiger partial charge in [0, 0.05) is 12.6 Å². The Balaban J connectivity index is 2.43. The normalized spacial score (nSPS) is 13.1. The molecule has 0 saturated carbocycles. The summed E-state index contributed by atoms with van der Waals surface area (Å²) < 4.78 is 0. The quantitative estimate of drug-likeness (QED) is 0.786. The van der Waals surface area contributed by atoms with Gasteiger partial charge in [-0.2, -0.15) is 11.8 Å². The molecular formula is C11H18ClN3S. The topological polar surface area (TPSA) is 29.0 Å². The molecule has 3 nitrogen and oxygen atoms in total. The zero-order valence-corrected chi connectivity index (χ0v) is 11.6. The van der Waals surface area contributed by atoms with Gasteiger partial charge >= 0.3 is 0 Å². The van der Waals surface area contributed by atoms with Crippen LogP contribution in [0.15, 0.2) is 12.4 Å². The van der Waals surface area contributed by atoms with Crippen molar-refractivity contribution >= 4 is 23.4 Å². The number of hydrogen-bond acceptors (Lipinski definition) is 4. The summed E-state index contributed by atoms with van der Waals surface area (Å²) in [7, 11) is 2.11. The zero-order chi connectivity index (χ0) is 12.0. The maximum absolute atomic E-state index is 5.69. The first-order valence-corrected chi connectivity index (χ1v) is 7.06. The highest BCUT2D eigenvalue weighted by atomic mass is 35.5. The van der Waals surface area contributed by atoms with Crippen LogP contribution in [0.4, 0.5) is 0 Å². The van der Waals surface area contributed by atoms with Gasteiger partial charge in [0.2, 0.25) is 0 Å². The molecule has 0 aromatic carbocycles. The van der Waals surface area contributed by atoms with E-state index in [1.54, 1.807) is 12.4 Å². The molecule has 0 radical (unpaired) electrons. The summed E-state index contributed by atoms with van der Waals surface area (Å²) in [5, 5.41) is 0.446. The highest BCUT2D eigenvalue weighted by molar-refractivity contribution is 7.98. The molecule has 0 bridgehead atoms. The van der Waals surface area contributed by atoms with Crippen LogP contribution in [0.25, 0.3) is 0 Å². The fraction of sp³-hybridized carbons (Fsp3) is 0.636. The standard InChI is InChI=1S/C11H18ClN3S/c1-9(4-5-16-3)15(2)8-10-6-14-11(12)7-13-10/h6-7,9H,4-5,8H2,1-3H3. The van der Waals surface area contributed by atoms with Crippen molar-refractivity contribution in [3.8, 4) is 0 Å². The van der Waals surface area contributed by atoms with Gasteiger partial charge < -0.3 is 0 Å². The third kappa shape index (κ3) is 4.68. The monoisotopic (exact) mass is 259 g/mol. The highest BCUT2D eigenvalue weighted by Crippen LogP contribution is 2.09. The van der Waals surface area contributed by atoms with E-state index in [1.807, 2.05) is 11.8 Å². The summed E-state index contributed by atoms with van der Waals surface area (Å²) >= 11 is 7.57. The lowest BCUT2D eigenvalue weighted by atomic mass is 10.2. The first kappa shape index (κ1) is 13.7. The molecular weight excluding hydrogens is 242 g/mol. The fourth-order valence-electron chi connectivity index (χ4n) is 1.34. The Kier molecular flexibility index (Phi) is 6.09. The van der Waals surface area contributed by atoms with Gasteiger partial charge in [0.25, 0.3) is 0 Å². The fourth-order valence-corrected chi connectivity index (χ4v) is 2.02. The molecule has 0 spiro atoms. The van der Waals surface area contributed by atoms with Gasteiger partial charge in [-0.05, 0) is 32.4 Å². The van der Waals surface area contributed by atoms with Crippen LogP contribution in [-0.4, -0.2) is 40.0 Å². The number of halogens is 1. The van der Waals surface area contributed by atoms with Crippen molar-refractivity contribution in [2.75, 3.05) is 19.1 Å². The zero-order valence-electron chi connectivity index (χ0n) is 9.98. The highest BCUT2D eigenvalue weighted by Gasteiger charge is 2.09. The Morgan fingerprint density at radius 3 is 2.75 bits per heavy atom. The number of rotatable bonds is 6. The summed E-state index contributed by atoms with van der Waals surface area (Å²) in [5.74, 6) is 1.19. The number of hydrogen-bond donors (Lipinski definition) is 0. The molecule has 1 heterocycles. The average Bonchev–Trinajstić information content (AvgIpc) is 2.29. The Hall–Kier alpha value is -0.320. The van der Waals surface area contributed by atoms with Crippen LogP contribution in [-0.2, 0) is 6.54 Å². The second kappa shape index (κ2) is 7.09. The number of aromatic nitrogens is 2. The molecule has 1 rings (SSSR count). The van der Waals surface area contributed by atoms with E-state index in [2.05, 4.69) is 35.1 Å². The van der Waals surface area contributed by atoms with E-state index in [1.165, 1.54) is 12.2 Å². The Labute approximate surface area is 107 Å². The summed E-state index contributed by atoms with van der Waals surface area (Å²) in [6.07, 6.45) is 6.66. The van der Waals surface area contributed by atoms with Gasteiger partial charge in [0.1, 0.15) is 5.15 Å². The minimum atomic E-state index is 0.446. The van der Waals surface area contributed by atoms with Gasteiger partial charge in [-0.1, -0.05) is 11.6 Å². The van der Waals surface area contributed by atoms with Crippen LogP contribution >= 0.6 is 23.4 Å². The predicted molar refractivity (Wildman–Crippen MR) is 71.0 cm³/mol. The van der Waals surface area contributed by atoms with Crippen LogP contribution in [0.2, 0.25) is 5.15 Å². The van der Waals surface area contributed by atoms with Crippen LogP contribution < -0.4 is 0 Å². The molecule has 1 aromatic heterocycles. The molecule has 0 saturated heterocycles. The van der Waals surface area contributed by atoms with Crippen molar-refractivity contribution in [3.63, 3.8) is 0 Å². The van der Waals surface area contributed by atoms with Crippen molar-refractivity contribution < 1.29 is 0 Å². The molecule has 1 atom stereocenters. The van der Waals surface area contributed by atoms with E-state index in [0.29, 0.717) is 11.2 Å². The van der Waals surface area contributed by atoms with Gasteiger partial charge in [-0.15, -0.1) is 0 Å². The van der Waals surface area contributed by atoms with Crippen molar-refractivity contribution in [1.82, 2.24) is 14.9 Å². The molecule has 90 valence electrons. The van der Waals surface area contributed by atoms with Gasteiger partial charge in [0.05, 0.1) is 18.1 Å². The largest absolute Gasteiger partial charge is 0.298 e. The van der Waals surface area contributed by atoms with E-state index >= 15 is 0 Å². The molecule has 1 aromatic rings. The maximum Gasteiger partial charge on any atom is 0.147 e. The lowest BCUT2D eigenvalue weighted by Gasteiger charge is -2.23. The van der Waals surface area contributed by atoms with Crippen LogP contribution in [0.3, 0.4) is 0 Å². The number of thioether (sulfide) groups is 1. The van der Waals surface area contributed by atoms with Crippen molar-refractivity contribution in [3.05, 3.63) is 23.2 Å². The van der Waals surface area contributed by atoms with E-state index in [4.69, 9.17) is 11.6 Å². The molecule has 1 unspecified atom stereocenters. The van der Waals surface area contributed by atoms with Gasteiger partial charge in [0.15, 0.2) is 0 Å². The molecule has 0 fully saturated rings. The van der Waals surface area contributed by atoms with E-state index in [9.17, 15) is 0 Å². The molecule has 0 N–H and O–H groups in total. The molecule has 0 aliphatic rings. The molecule has 0 aliphatic carbocycles. The summed E-state index contributed by atoms with van der Waals surface area (Å²) in [4.78, 5) is 10.6. The van der Waals surface area contributed by atoms with Crippen LogP contribution in [0, 0.1) is 0 Å². The second-order valence-corrected chi connectivity index (χ2v) is 5.25. The van der Waals surface area contributed by atoms with Crippen molar-refractivity contribution in [2.45, 2.75) is 25.9 Å². The van der Waals surface area contributed by atoms with Crippen LogP contribution in [0.1, 0.15) is 19.0 Å². The van der Waals surface area contributed by atoms with E-state index in [-0.39, 0.29) is 0 Å². The van der Waals surface area contributed by atoms with Crippen molar-refractivity contribution in [1.29, 1.82) is 0 Å². The first-order valence-electron chi connectivity index (χ1n) is 5.29. The SMILES string of the molecule is CSCCC(C)N(C)Cc1cnc(Cl)cn1. The minimum absolute atomic E-state index is 0.446. The van der Waals surface area contributed by atoms with E-state index in [0.717, 1.165) is 12.2 Å². The van der Waals surface area contributed by atoms with Crippen molar-refractivity contribution in [2.24, 2.45) is 0 Å². The predicted octanol–water partition coefficient (Wildman–Crippen LogP) is 2.70. The lowest BCUT2D eigenvalue weighted by molar-refractivity contribution is 0.242. The first-order chi connectivity index (χ1) is 7.63. The molecule has 16 heavy (non-hydrogen) atoms.